The van der Waals surface area contributed by atoms with Crippen LogP contribution in [0.2, 0.25) is 0 Å². The lowest BCUT2D eigenvalue weighted by Gasteiger charge is -2.37. The van der Waals surface area contributed by atoms with Crippen LogP contribution < -0.4 is 5.73 Å². The van der Waals surface area contributed by atoms with Crippen molar-refractivity contribution in [3.05, 3.63) is 35.9 Å². The molecule has 4 nitrogen and oxygen atoms in total. The standard InChI is InChI=1S/C17H25N3O/c18-16(14-6-2-1-3-7-14)17(21)20-12-8-15(9-13-20)19-10-4-5-11-19/h1-3,6-7,15-16H,4-5,8-13,18H2/t16-/m0/s1. The summed E-state index contributed by atoms with van der Waals surface area (Å²) in [6.45, 7) is 4.17. The zero-order valence-electron chi connectivity index (χ0n) is 12.6. The molecule has 2 aliphatic heterocycles. The van der Waals surface area contributed by atoms with Gasteiger partial charge in [-0.25, -0.2) is 0 Å². The molecule has 0 unspecified atom stereocenters. The summed E-state index contributed by atoms with van der Waals surface area (Å²) in [5, 5.41) is 0. The average molecular weight is 287 g/mol. The van der Waals surface area contributed by atoms with E-state index in [1.54, 1.807) is 0 Å². The van der Waals surface area contributed by atoms with Crippen molar-refractivity contribution in [1.29, 1.82) is 0 Å². The Labute approximate surface area is 126 Å². The molecule has 1 atom stereocenters. The minimum atomic E-state index is -0.519. The number of hydrogen-bond acceptors (Lipinski definition) is 3. The number of rotatable bonds is 3. The van der Waals surface area contributed by atoms with Crippen LogP contribution in [0.15, 0.2) is 30.3 Å². The van der Waals surface area contributed by atoms with Crippen molar-refractivity contribution in [3.8, 4) is 0 Å². The smallest absolute Gasteiger partial charge is 0.244 e. The molecular formula is C17H25N3O. The van der Waals surface area contributed by atoms with E-state index in [2.05, 4.69) is 4.90 Å². The number of likely N-dealkylation sites (tertiary alicyclic amines) is 2. The van der Waals surface area contributed by atoms with Crippen LogP contribution in [-0.2, 0) is 4.79 Å². The van der Waals surface area contributed by atoms with Crippen LogP contribution in [0, 0.1) is 0 Å². The Kier molecular flexibility index (Phi) is 4.56. The minimum absolute atomic E-state index is 0.0704. The van der Waals surface area contributed by atoms with Gasteiger partial charge in [0.1, 0.15) is 6.04 Å². The van der Waals surface area contributed by atoms with Crippen molar-refractivity contribution >= 4 is 5.91 Å². The highest BCUT2D eigenvalue weighted by atomic mass is 16.2. The molecule has 1 amide bonds. The Hall–Kier alpha value is -1.39. The summed E-state index contributed by atoms with van der Waals surface area (Å²) < 4.78 is 0. The van der Waals surface area contributed by atoms with Crippen molar-refractivity contribution in [2.75, 3.05) is 26.2 Å². The molecule has 2 aliphatic rings. The first-order valence-corrected chi connectivity index (χ1v) is 8.09. The van der Waals surface area contributed by atoms with Gasteiger partial charge in [-0.3, -0.25) is 4.79 Å². The molecular weight excluding hydrogens is 262 g/mol. The SMILES string of the molecule is N[C@H](C(=O)N1CCC(N2CCCC2)CC1)c1ccccc1. The van der Waals surface area contributed by atoms with Gasteiger partial charge in [-0.05, 0) is 44.3 Å². The van der Waals surface area contributed by atoms with E-state index >= 15 is 0 Å². The Morgan fingerprint density at radius 3 is 2.29 bits per heavy atom. The number of benzene rings is 1. The van der Waals surface area contributed by atoms with Crippen LogP contribution in [0.1, 0.15) is 37.3 Å². The van der Waals surface area contributed by atoms with Gasteiger partial charge in [-0.15, -0.1) is 0 Å². The van der Waals surface area contributed by atoms with E-state index in [4.69, 9.17) is 5.73 Å². The third kappa shape index (κ3) is 3.27. The Bertz CT molecular complexity index is 462. The zero-order chi connectivity index (χ0) is 14.7. The van der Waals surface area contributed by atoms with Crippen LogP contribution in [0.5, 0.6) is 0 Å². The number of piperidine rings is 1. The molecule has 0 aromatic heterocycles. The predicted octanol–water partition coefficient (Wildman–Crippen LogP) is 1.77. The van der Waals surface area contributed by atoms with Gasteiger partial charge in [0, 0.05) is 19.1 Å². The van der Waals surface area contributed by atoms with E-state index in [0.29, 0.717) is 6.04 Å². The molecule has 4 heteroatoms. The van der Waals surface area contributed by atoms with Crippen LogP contribution in [0.4, 0.5) is 0 Å². The van der Waals surface area contributed by atoms with E-state index in [9.17, 15) is 4.79 Å². The summed E-state index contributed by atoms with van der Waals surface area (Å²) in [6, 6.07) is 9.82. The van der Waals surface area contributed by atoms with Gasteiger partial charge in [-0.2, -0.15) is 0 Å². The van der Waals surface area contributed by atoms with Gasteiger partial charge in [0.2, 0.25) is 5.91 Å². The largest absolute Gasteiger partial charge is 0.341 e. The van der Waals surface area contributed by atoms with E-state index in [-0.39, 0.29) is 5.91 Å². The molecule has 0 bridgehead atoms. The van der Waals surface area contributed by atoms with Crippen molar-refractivity contribution in [2.45, 2.75) is 37.8 Å². The van der Waals surface area contributed by atoms with Gasteiger partial charge >= 0.3 is 0 Å². The molecule has 0 aliphatic carbocycles. The topological polar surface area (TPSA) is 49.6 Å². The molecule has 0 spiro atoms. The molecule has 0 saturated carbocycles. The van der Waals surface area contributed by atoms with Gasteiger partial charge in [0.05, 0.1) is 0 Å². The summed E-state index contributed by atoms with van der Waals surface area (Å²) in [7, 11) is 0. The lowest BCUT2D eigenvalue weighted by atomic mass is 10.0. The van der Waals surface area contributed by atoms with E-state index < -0.39 is 6.04 Å². The molecule has 3 rings (SSSR count). The Morgan fingerprint density at radius 2 is 1.67 bits per heavy atom. The van der Waals surface area contributed by atoms with Crippen LogP contribution in [0.25, 0.3) is 0 Å². The van der Waals surface area contributed by atoms with Gasteiger partial charge in [-0.1, -0.05) is 30.3 Å². The minimum Gasteiger partial charge on any atom is -0.341 e. The first-order valence-electron chi connectivity index (χ1n) is 8.09. The normalized spacial score (nSPS) is 22.4. The van der Waals surface area contributed by atoms with E-state index in [1.807, 2.05) is 35.2 Å². The first kappa shape index (κ1) is 14.5. The summed E-state index contributed by atoms with van der Waals surface area (Å²) in [5.74, 6) is 0.0704. The van der Waals surface area contributed by atoms with Gasteiger partial charge in [0.25, 0.3) is 0 Å². The molecule has 114 valence electrons. The summed E-state index contributed by atoms with van der Waals surface area (Å²) in [4.78, 5) is 17.1. The van der Waals surface area contributed by atoms with Crippen LogP contribution >= 0.6 is 0 Å². The highest BCUT2D eigenvalue weighted by molar-refractivity contribution is 5.83. The van der Waals surface area contributed by atoms with Crippen molar-refractivity contribution in [3.63, 3.8) is 0 Å². The monoisotopic (exact) mass is 287 g/mol. The number of hydrogen-bond donors (Lipinski definition) is 1. The Morgan fingerprint density at radius 1 is 1.05 bits per heavy atom. The Balaban J connectivity index is 1.55. The highest BCUT2D eigenvalue weighted by Gasteiger charge is 2.30. The molecule has 1 aromatic rings. The molecule has 0 radical (unpaired) electrons. The molecule has 2 heterocycles. The third-order valence-corrected chi connectivity index (χ3v) is 4.86. The number of amides is 1. The number of carbonyl (C=O) groups excluding carboxylic acids is 1. The summed E-state index contributed by atoms with van der Waals surface area (Å²) in [5.41, 5.74) is 7.03. The van der Waals surface area contributed by atoms with Crippen LogP contribution in [-0.4, -0.2) is 47.9 Å². The predicted molar refractivity (Wildman–Crippen MR) is 83.8 cm³/mol. The average Bonchev–Trinajstić information content (AvgIpc) is 3.09. The quantitative estimate of drug-likeness (QED) is 0.922. The maximum absolute atomic E-state index is 12.5. The summed E-state index contributed by atoms with van der Waals surface area (Å²) >= 11 is 0. The molecule has 2 saturated heterocycles. The maximum atomic E-state index is 12.5. The van der Waals surface area contributed by atoms with Crippen molar-refractivity contribution in [2.24, 2.45) is 5.73 Å². The lowest BCUT2D eigenvalue weighted by molar-refractivity contribution is -0.134. The second kappa shape index (κ2) is 6.58. The number of nitrogens with zero attached hydrogens (tertiary/aromatic N) is 2. The zero-order valence-corrected chi connectivity index (χ0v) is 12.6. The number of carbonyl (C=O) groups is 1. The van der Waals surface area contributed by atoms with Crippen LogP contribution in [0.3, 0.4) is 0 Å². The fraction of sp³-hybridized carbons (Fsp3) is 0.588. The van der Waals surface area contributed by atoms with Crippen molar-refractivity contribution in [1.82, 2.24) is 9.80 Å². The third-order valence-electron chi connectivity index (χ3n) is 4.86. The molecule has 2 N–H and O–H groups in total. The lowest BCUT2D eigenvalue weighted by Crippen LogP contribution is -2.48. The fourth-order valence-electron chi connectivity index (χ4n) is 3.56. The van der Waals surface area contributed by atoms with Gasteiger partial charge in [0.15, 0.2) is 0 Å². The van der Waals surface area contributed by atoms with E-state index in [0.717, 1.165) is 31.5 Å². The molecule has 21 heavy (non-hydrogen) atoms. The van der Waals surface area contributed by atoms with E-state index in [1.165, 1.54) is 25.9 Å². The number of nitrogens with two attached hydrogens (primary N) is 1. The van der Waals surface area contributed by atoms with Crippen molar-refractivity contribution < 1.29 is 4.79 Å². The second-order valence-electron chi connectivity index (χ2n) is 6.19. The molecule has 1 aromatic carbocycles. The first-order chi connectivity index (χ1) is 10.3. The molecule has 2 fully saturated rings. The highest BCUT2D eigenvalue weighted by Crippen LogP contribution is 2.23. The fourth-order valence-corrected chi connectivity index (χ4v) is 3.56. The second-order valence-corrected chi connectivity index (χ2v) is 6.19. The maximum Gasteiger partial charge on any atom is 0.244 e. The summed E-state index contributed by atoms with van der Waals surface area (Å²) in [6.07, 6.45) is 4.84. The van der Waals surface area contributed by atoms with Gasteiger partial charge < -0.3 is 15.5 Å².